The molecule has 0 radical (unpaired) electrons. The van der Waals surface area contributed by atoms with Gasteiger partial charge in [-0.15, -0.1) is 10.2 Å². The van der Waals surface area contributed by atoms with Crippen molar-refractivity contribution in [3.05, 3.63) is 78.1 Å². The van der Waals surface area contributed by atoms with Crippen LogP contribution in [0.5, 0.6) is 0 Å². The van der Waals surface area contributed by atoms with E-state index in [4.69, 9.17) is 9.15 Å². The number of hydrogen-bond donors (Lipinski definition) is 0. The summed E-state index contributed by atoms with van der Waals surface area (Å²) in [4.78, 5) is 11.8. The van der Waals surface area contributed by atoms with E-state index in [9.17, 15) is 9.18 Å². The summed E-state index contributed by atoms with van der Waals surface area (Å²) < 4.78 is 23.8. The average molecular weight is 418 g/mol. The van der Waals surface area contributed by atoms with Gasteiger partial charge >= 0.3 is 5.97 Å². The molecule has 0 amide bonds. The first-order valence-electron chi connectivity index (χ1n) is 9.03. The maximum absolute atomic E-state index is 13.1. The standard InChI is InChI=1S/C23H15FN2O3S/c24-20-9-5-8-19(15-20)22(27)28-12-3-4-13-30-23-26-25-21(29-23)18-11-10-16-6-1-2-7-17(16)14-18/h1-2,5-11,14-15H,12-13H2. The summed E-state index contributed by atoms with van der Waals surface area (Å²) in [5, 5.41) is 10.8. The van der Waals surface area contributed by atoms with Crippen LogP contribution in [0.4, 0.5) is 4.39 Å². The lowest BCUT2D eigenvalue weighted by atomic mass is 10.1. The number of ether oxygens (including phenoxy) is 1. The van der Waals surface area contributed by atoms with Crippen LogP contribution in [0.25, 0.3) is 22.2 Å². The van der Waals surface area contributed by atoms with Crippen molar-refractivity contribution in [3.8, 4) is 23.3 Å². The highest BCUT2D eigenvalue weighted by molar-refractivity contribution is 7.99. The van der Waals surface area contributed by atoms with Gasteiger partial charge in [0.15, 0.2) is 6.61 Å². The minimum atomic E-state index is -0.617. The Labute approximate surface area is 176 Å². The van der Waals surface area contributed by atoms with Gasteiger partial charge in [-0.3, -0.25) is 0 Å². The van der Waals surface area contributed by atoms with Gasteiger partial charge in [-0.2, -0.15) is 0 Å². The fourth-order valence-corrected chi connectivity index (χ4v) is 3.24. The molecule has 0 saturated carbocycles. The van der Waals surface area contributed by atoms with Gasteiger partial charge < -0.3 is 9.15 Å². The molecule has 0 aliphatic carbocycles. The molecule has 3 aromatic carbocycles. The Morgan fingerprint density at radius 1 is 1.00 bits per heavy atom. The van der Waals surface area contributed by atoms with Gasteiger partial charge in [-0.05, 0) is 41.1 Å². The van der Waals surface area contributed by atoms with E-state index in [1.165, 1.54) is 30.0 Å². The molecule has 0 atom stereocenters. The van der Waals surface area contributed by atoms with Crippen molar-refractivity contribution in [1.29, 1.82) is 0 Å². The number of carbonyl (C=O) groups is 1. The van der Waals surface area contributed by atoms with Crippen molar-refractivity contribution in [2.24, 2.45) is 0 Å². The first-order chi connectivity index (χ1) is 14.7. The number of halogens is 1. The molecule has 0 saturated heterocycles. The summed E-state index contributed by atoms with van der Waals surface area (Å²) in [7, 11) is 0. The summed E-state index contributed by atoms with van der Waals surface area (Å²) in [6, 6.07) is 19.3. The molecule has 0 bridgehead atoms. The number of aromatic nitrogens is 2. The van der Waals surface area contributed by atoms with Crippen LogP contribution >= 0.6 is 11.8 Å². The van der Waals surface area contributed by atoms with Crippen molar-refractivity contribution >= 4 is 28.5 Å². The third-order valence-electron chi connectivity index (χ3n) is 4.13. The highest BCUT2D eigenvalue weighted by Gasteiger charge is 2.09. The third-order valence-corrected chi connectivity index (χ3v) is 4.83. The number of nitrogens with zero attached hydrogens (tertiary/aromatic N) is 2. The van der Waals surface area contributed by atoms with Crippen LogP contribution in [0.1, 0.15) is 10.4 Å². The predicted molar refractivity (Wildman–Crippen MR) is 112 cm³/mol. The molecule has 1 heterocycles. The van der Waals surface area contributed by atoms with E-state index in [2.05, 4.69) is 22.0 Å². The zero-order chi connectivity index (χ0) is 20.8. The largest absolute Gasteiger partial charge is 0.449 e. The first-order valence-corrected chi connectivity index (χ1v) is 10.0. The molecule has 0 aliphatic heterocycles. The molecule has 5 nitrogen and oxygen atoms in total. The normalized spacial score (nSPS) is 10.4. The minimum absolute atomic E-state index is 0.0813. The number of thioether (sulfide) groups is 1. The summed E-state index contributed by atoms with van der Waals surface area (Å²) in [6.07, 6.45) is 0. The van der Waals surface area contributed by atoms with E-state index in [0.717, 1.165) is 22.4 Å². The lowest BCUT2D eigenvalue weighted by molar-refractivity contribution is 0.0556. The number of carbonyl (C=O) groups excluding carboxylic acids is 1. The molecule has 4 rings (SSSR count). The second-order valence-electron chi connectivity index (χ2n) is 6.16. The SMILES string of the molecule is O=C(OCC#CCSc1nnc(-c2ccc3ccccc3c2)o1)c1cccc(F)c1. The number of esters is 1. The molecule has 148 valence electrons. The molecule has 0 spiro atoms. The smallest absolute Gasteiger partial charge is 0.339 e. The Hall–Kier alpha value is -3.63. The number of hydrogen-bond acceptors (Lipinski definition) is 6. The molecule has 0 aliphatic rings. The Balaban J connectivity index is 1.28. The summed E-state index contributed by atoms with van der Waals surface area (Å²) >= 11 is 1.29. The lowest BCUT2D eigenvalue weighted by Crippen LogP contribution is -2.05. The Morgan fingerprint density at radius 2 is 1.87 bits per heavy atom. The summed E-state index contributed by atoms with van der Waals surface area (Å²) in [6.45, 7) is -0.0813. The molecule has 4 aromatic rings. The van der Waals surface area contributed by atoms with Gasteiger partial charge in [0.25, 0.3) is 5.22 Å². The molecule has 1 aromatic heterocycles. The Kier molecular flexibility index (Phi) is 6.06. The zero-order valence-corrected chi connectivity index (χ0v) is 16.5. The van der Waals surface area contributed by atoms with E-state index < -0.39 is 11.8 Å². The molecule has 0 N–H and O–H groups in total. The van der Waals surface area contributed by atoms with Gasteiger partial charge in [0, 0.05) is 5.56 Å². The van der Waals surface area contributed by atoms with E-state index >= 15 is 0 Å². The fraction of sp³-hybridized carbons (Fsp3) is 0.0870. The summed E-state index contributed by atoms with van der Waals surface area (Å²) in [5.74, 6) is 5.33. The van der Waals surface area contributed by atoms with E-state index in [1.54, 1.807) is 0 Å². The van der Waals surface area contributed by atoms with Crippen LogP contribution in [-0.4, -0.2) is 28.5 Å². The maximum atomic E-state index is 13.1. The molecule has 0 unspecified atom stereocenters. The predicted octanol–water partition coefficient (Wildman–Crippen LogP) is 4.98. The molecular formula is C23H15FN2O3S. The van der Waals surface area contributed by atoms with Gasteiger partial charge in [0.1, 0.15) is 5.82 Å². The van der Waals surface area contributed by atoms with Gasteiger partial charge in [0.2, 0.25) is 5.89 Å². The van der Waals surface area contributed by atoms with Crippen LogP contribution in [0, 0.1) is 17.7 Å². The zero-order valence-electron chi connectivity index (χ0n) is 15.7. The van der Waals surface area contributed by atoms with Crippen molar-refractivity contribution in [2.75, 3.05) is 12.4 Å². The van der Waals surface area contributed by atoms with Crippen LogP contribution < -0.4 is 0 Å². The number of benzene rings is 3. The average Bonchev–Trinajstić information content (AvgIpc) is 3.24. The minimum Gasteiger partial charge on any atom is -0.449 e. The maximum Gasteiger partial charge on any atom is 0.339 e. The van der Waals surface area contributed by atoms with Crippen molar-refractivity contribution < 1.29 is 18.3 Å². The van der Waals surface area contributed by atoms with Gasteiger partial charge in [-0.1, -0.05) is 60.0 Å². The molecule has 0 fully saturated rings. The van der Waals surface area contributed by atoms with Crippen LogP contribution in [0.15, 0.2) is 76.4 Å². The van der Waals surface area contributed by atoms with Crippen LogP contribution in [0.3, 0.4) is 0 Å². The second kappa shape index (κ2) is 9.25. The highest BCUT2D eigenvalue weighted by atomic mass is 32.2. The Morgan fingerprint density at radius 3 is 2.73 bits per heavy atom. The quantitative estimate of drug-likeness (QED) is 0.259. The highest BCUT2D eigenvalue weighted by Crippen LogP contribution is 2.26. The third kappa shape index (κ3) is 4.85. The molecule has 7 heteroatoms. The molecule has 30 heavy (non-hydrogen) atoms. The van der Waals surface area contributed by atoms with E-state index in [1.807, 2.05) is 42.5 Å². The first kappa shape index (κ1) is 19.7. The van der Waals surface area contributed by atoms with Crippen LogP contribution in [-0.2, 0) is 4.74 Å². The Bertz CT molecular complexity index is 1260. The van der Waals surface area contributed by atoms with Gasteiger partial charge in [0.05, 0.1) is 11.3 Å². The number of rotatable bonds is 5. The van der Waals surface area contributed by atoms with Crippen molar-refractivity contribution in [1.82, 2.24) is 10.2 Å². The van der Waals surface area contributed by atoms with Crippen molar-refractivity contribution in [2.45, 2.75) is 5.22 Å². The van der Waals surface area contributed by atoms with Gasteiger partial charge in [-0.25, -0.2) is 9.18 Å². The topological polar surface area (TPSA) is 65.2 Å². The van der Waals surface area contributed by atoms with Crippen molar-refractivity contribution in [3.63, 3.8) is 0 Å². The number of fused-ring (bicyclic) bond motifs is 1. The lowest BCUT2D eigenvalue weighted by Gasteiger charge is -2.00. The van der Waals surface area contributed by atoms with Crippen LogP contribution in [0.2, 0.25) is 0 Å². The second-order valence-corrected chi connectivity index (χ2v) is 7.09. The van der Waals surface area contributed by atoms with E-state index in [-0.39, 0.29) is 12.2 Å². The van der Waals surface area contributed by atoms with E-state index in [0.29, 0.717) is 16.9 Å². The molecular weight excluding hydrogens is 403 g/mol. The summed E-state index contributed by atoms with van der Waals surface area (Å²) in [5.41, 5.74) is 1.00. The monoisotopic (exact) mass is 418 g/mol. The fourth-order valence-electron chi connectivity index (χ4n) is 2.71.